The number of nitrogens with one attached hydrogen (secondary N) is 1. The summed E-state index contributed by atoms with van der Waals surface area (Å²) in [5.41, 5.74) is 5.86. The fourth-order valence-corrected chi connectivity index (χ4v) is 1.02. The lowest BCUT2D eigenvalue weighted by Crippen LogP contribution is -2.37. The van der Waals surface area contributed by atoms with Crippen molar-refractivity contribution < 1.29 is 4.79 Å². The first-order valence-corrected chi connectivity index (χ1v) is 3.98. The first-order valence-electron chi connectivity index (χ1n) is 3.98. The molecule has 1 heterocycles. The topological polar surface area (TPSA) is 87.9 Å². The molecule has 1 unspecified atom stereocenters. The molecule has 13 heavy (non-hydrogen) atoms. The van der Waals surface area contributed by atoms with Crippen LogP contribution in [0.4, 0.5) is 0 Å². The Bertz CT molecular complexity index is 268. The molecule has 0 saturated carbocycles. The highest BCUT2D eigenvalue weighted by Gasteiger charge is 2.14. The van der Waals surface area contributed by atoms with Gasteiger partial charge in [0.15, 0.2) is 5.69 Å². The molecule has 72 valence electrons. The SMILES string of the molecule is CC(N)CN(C)C(=O)c1cn[nH]n1. The van der Waals surface area contributed by atoms with Gasteiger partial charge in [-0.3, -0.25) is 4.79 Å². The standard InChI is InChI=1S/C7H13N5O/c1-5(8)4-12(2)7(13)6-3-9-11-10-6/h3,5H,4,8H2,1-2H3,(H,9,10,11). The first kappa shape index (κ1) is 9.66. The average Bonchev–Trinajstić information content (AvgIpc) is 2.53. The second kappa shape index (κ2) is 3.99. The Hall–Kier alpha value is -1.43. The van der Waals surface area contributed by atoms with Gasteiger partial charge in [-0.25, -0.2) is 0 Å². The Kier molecular flexibility index (Phi) is 2.97. The molecule has 0 bridgehead atoms. The van der Waals surface area contributed by atoms with Gasteiger partial charge in [-0.15, -0.1) is 0 Å². The number of rotatable bonds is 3. The number of carbonyl (C=O) groups excluding carboxylic acids is 1. The van der Waals surface area contributed by atoms with Gasteiger partial charge >= 0.3 is 0 Å². The highest BCUT2D eigenvalue weighted by molar-refractivity contribution is 5.91. The van der Waals surface area contributed by atoms with Crippen molar-refractivity contribution in [1.29, 1.82) is 0 Å². The van der Waals surface area contributed by atoms with E-state index in [1.165, 1.54) is 11.1 Å². The van der Waals surface area contributed by atoms with Crippen molar-refractivity contribution in [3.05, 3.63) is 11.9 Å². The highest BCUT2D eigenvalue weighted by Crippen LogP contribution is 1.96. The fourth-order valence-electron chi connectivity index (χ4n) is 1.02. The molecule has 0 aromatic carbocycles. The number of aromatic nitrogens is 3. The lowest BCUT2D eigenvalue weighted by atomic mass is 10.3. The number of hydrogen-bond donors (Lipinski definition) is 2. The summed E-state index contributed by atoms with van der Waals surface area (Å²) in [6, 6.07) is -0.0409. The predicted molar refractivity (Wildman–Crippen MR) is 47.0 cm³/mol. The quantitative estimate of drug-likeness (QED) is 0.643. The van der Waals surface area contributed by atoms with E-state index in [1.54, 1.807) is 7.05 Å². The van der Waals surface area contributed by atoms with Crippen molar-refractivity contribution in [1.82, 2.24) is 20.3 Å². The fraction of sp³-hybridized carbons (Fsp3) is 0.571. The molecule has 0 spiro atoms. The molecule has 0 saturated heterocycles. The van der Waals surface area contributed by atoms with Crippen LogP contribution in [-0.4, -0.2) is 45.9 Å². The first-order chi connectivity index (χ1) is 6.11. The largest absolute Gasteiger partial charge is 0.339 e. The Morgan fingerprint density at radius 1 is 1.85 bits per heavy atom. The molecule has 1 rings (SSSR count). The van der Waals surface area contributed by atoms with Crippen molar-refractivity contribution in [2.45, 2.75) is 13.0 Å². The predicted octanol–water partition coefficient (Wildman–Crippen LogP) is -0.776. The molecule has 6 heteroatoms. The Balaban J connectivity index is 2.58. The van der Waals surface area contributed by atoms with Gasteiger partial charge in [-0.05, 0) is 6.92 Å². The van der Waals surface area contributed by atoms with Crippen molar-refractivity contribution in [3.63, 3.8) is 0 Å². The molecule has 0 aliphatic rings. The lowest BCUT2D eigenvalue weighted by molar-refractivity contribution is 0.0783. The van der Waals surface area contributed by atoms with Gasteiger partial charge in [0.05, 0.1) is 6.20 Å². The lowest BCUT2D eigenvalue weighted by Gasteiger charge is -2.17. The Morgan fingerprint density at radius 2 is 2.54 bits per heavy atom. The zero-order valence-electron chi connectivity index (χ0n) is 7.69. The molecule has 3 N–H and O–H groups in total. The van der Waals surface area contributed by atoms with E-state index >= 15 is 0 Å². The molecule has 0 aliphatic carbocycles. The normalized spacial score (nSPS) is 12.5. The molecule has 1 amide bonds. The summed E-state index contributed by atoms with van der Waals surface area (Å²) in [7, 11) is 1.68. The maximum Gasteiger partial charge on any atom is 0.275 e. The van der Waals surface area contributed by atoms with E-state index in [0.717, 1.165) is 0 Å². The number of aromatic amines is 1. The number of nitrogens with zero attached hydrogens (tertiary/aromatic N) is 3. The maximum atomic E-state index is 11.5. The number of nitrogens with two attached hydrogens (primary N) is 1. The van der Waals surface area contributed by atoms with Crippen LogP contribution in [0.15, 0.2) is 6.20 Å². The zero-order valence-corrected chi connectivity index (χ0v) is 7.69. The van der Waals surface area contributed by atoms with E-state index in [0.29, 0.717) is 12.2 Å². The summed E-state index contributed by atoms with van der Waals surface area (Å²) in [4.78, 5) is 13.0. The number of H-pyrrole nitrogens is 1. The monoisotopic (exact) mass is 183 g/mol. The van der Waals surface area contributed by atoms with Gasteiger partial charge < -0.3 is 10.6 Å². The third kappa shape index (κ3) is 2.51. The van der Waals surface area contributed by atoms with E-state index in [4.69, 9.17) is 5.73 Å². The number of carbonyl (C=O) groups is 1. The van der Waals surface area contributed by atoms with Gasteiger partial charge in [-0.1, -0.05) is 0 Å². The van der Waals surface area contributed by atoms with Crippen LogP contribution in [-0.2, 0) is 0 Å². The number of amides is 1. The van der Waals surface area contributed by atoms with Crippen LogP contribution >= 0.6 is 0 Å². The van der Waals surface area contributed by atoms with Crippen molar-refractivity contribution in [3.8, 4) is 0 Å². The smallest absolute Gasteiger partial charge is 0.275 e. The minimum absolute atomic E-state index is 0.0409. The van der Waals surface area contributed by atoms with Crippen molar-refractivity contribution in [2.24, 2.45) is 5.73 Å². The Morgan fingerprint density at radius 3 is 3.00 bits per heavy atom. The second-order valence-corrected chi connectivity index (χ2v) is 3.02. The summed E-state index contributed by atoms with van der Waals surface area (Å²) in [5.74, 6) is -0.175. The van der Waals surface area contributed by atoms with Gasteiger partial charge in [0, 0.05) is 19.6 Å². The molecule has 1 aromatic rings. The summed E-state index contributed by atoms with van der Waals surface area (Å²) < 4.78 is 0. The Labute approximate surface area is 76.1 Å². The molecule has 6 nitrogen and oxygen atoms in total. The van der Waals surface area contributed by atoms with Crippen LogP contribution in [0.3, 0.4) is 0 Å². The van der Waals surface area contributed by atoms with E-state index < -0.39 is 0 Å². The average molecular weight is 183 g/mol. The van der Waals surface area contributed by atoms with Crippen molar-refractivity contribution in [2.75, 3.05) is 13.6 Å². The molecule has 1 aromatic heterocycles. The van der Waals surface area contributed by atoms with E-state index in [9.17, 15) is 4.79 Å². The molecule has 0 aliphatic heterocycles. The molecular weight excluding hydrogens is 170 g/mol. The summed E-state index contributed by atoms with van der Waals surface area (Å²) in [5, 5.41) is 9.61. The van der Waals surface area contributed by atoms with E-state index in [2.05, 4.69) is 15.4 Å². The summed E-state index contributed by atoms with van der Waals surface area (Å²) in [6.45, 7) is 2.35. The minimum atomic E-state index is -0.175. The van der Waals surface area contributed by atoms with Gasteiger partial charge in [-0.2, -0.15) is 15.4 Å². The maximum absolute atomic E-state index is 11.5. The highest BCUT2D eigenvalue weighted by atomic mass is 16.2. The third-order valence-corrected chi connectivity index (χ3v) is 1.54. The second-order valence-electron chi connectivity index (χ2n) is 3.02. The van der Waals surface area contributed by atoms with Crippen LogP contribution in [0.2, 0.25) is 0 Å². The van der Waals surface area contributed by atoms with E-state index in [1.807, 2.05) is 6.92 Å². The van der Waals surface area contributed by atoms with Gasteiger partial charge in [0.1, 0.15) is 0 Å². The van der Waals surface area contributed by atoms with Crippen LogP contribution in [0.25, 0.3) is 0 Å². The third-order valence-electron chi connectivity index (χ3n) is 1.54. The van der Waals surface area contributed by atoms with Crippen LogP contribution < -0.4 is 5.73 Å². The van der Waals surface area contributed by atoms with Gasteiger partial charge in [0.25, 0.3) is 5.91 Å². The minimum Gasteiger partial charge on any atom is -0.339 e. The number of likely N-dealkylation sites (N-methyl/N-ethyl adjacent to an activating group) is 1. The van der Waals surface area contributed by atoms with E-state index in [-0.39, 0.29) is 11.9 Å². The molecule has 0 radical (unpaired) electrons. The molecular formula is C7H13N5O. The summed E-state index contributed by atoms with van der Waals surface area (Å²) >= 11 is 0. The molecule has 1 atom stereocenters. The van der Waals surface area contributed by atoms with Crippen LogP contribution in [0.1, 0.15) is 17.4 Å². The zero-order chi connectivity index (χ0) is 9.84. The molecule has 0 fully saturated rings. The van der Waals surface area contributed by atoms with Crippen LogP contribution in [0.5, 0.6) is 0 Å². The van der Waals surface area contributed by atoms with Gasteiger partial charge in [0.2, 0.25) is 0 Å². The van der Waals surface area contributed by atoms with Crippen LogP contribution in [0, 0.1) is 0 Å². The number of hydrogen-bond acceptors (Lipinski definition) is 4. The summed E-state index contributed by atoms with van der Waals surface area (Å²) in [6.07, 6.45) is 1.39. The van der Waals surface area contributed by atoms with Crippen molar-refractivity contribution >= 4 is 5.91 Å².